The van der Waals surface area contributed by atoms with Gasteiger partial charge in [0.2, 0.25) is 0 Å². The third kappa shape index (κ3) is 2.76. The third-order valence-corrected chi connectivity index (χ3v) is 5.02. The molecule has 0 bridgehead atoms. The van der Waals surface area contributed by atoms with Gasteiger partial charge in [0, 0.05) is 18.8 Å². The van der Waals surface area contributed by atoms with Gasteiger partial charge in [-0.15, -0.1) is 0 Å². The zero-order valence-electron chi connectivity index (χ0n) is 12.0. The van der Waals surface area contributed by atoms with Gasteiger partial charge in [0.05, 0.1) is 11.9 Å². The summed E-state index contributed by atoms with van der Waals surface area (Å²) in [5.74, 6) is 0. The summed E-state index contributed by atoms with van der Waals surface area (Å²) < 4.78 is 0. The molecule has 3 heteroatoms. The lowest BCUT2D eigenvalue weighted by atomic mass is 9.71. The highest BCUT2D eigenvalue weighted by Gasteiger charge is 2.35. The fourth-order valence-electron chi connectivity index (χ4n) is 3.51. The molecule has 3 heterocycles. The summed E-state index contributed by atoms with van der Waals surface area (Å²) >= 11 is 0. The number of hydrogen-bond acceptors (Lipinski definition) is 3. The molecule has 1 aromatic heterocycles. The van der Waals surface area contributed by atoms with E-state index in [0.717, 1.165) is 6.42 Å². The van der Waals surface area contributed by atoms with Crippen molar-refractivity contribution < 1.29 is 0 Å². The first-order chi connectivity index (χ1) is 9.31. The molecule has 2 saturated heterocycles. The van der Waals surface area contributed by atoms with Crippen molar-refractivity contribution in [1.29, 1.82) is 0 Å². The predicted octanol–water partition coefficient (Wildman–Crippen LogP) is 2.61. The van der Waals surface area contributed by atoms with E-state index >= 15 is 0 Å². The molecule has 0 radical (unpaired) electrons. The molecule has 2 aliphatic rings. The minimum absolute atomic E-state index is 0.637. The van der Waals surface area contributed by atoms with Crippen LogP contribution < -0.4 is 10.2 Å². The summed E-state index contributed by atoms with van der Waals surface area (Å²) in [6, 6.07) is 4.41. The van der Waals surface area contributed by atoms with Crippen molar-refractivity contribution in [2.45, 2.75) is 39.0 Å². The first kappa shape index (κ1) is 12.9. The number of nitrogens with zero attached hydrogens (tertiary/aromatic N) is 2. The molecule has 0 aliphatic carbocycles. The van der Waals surface area contributed by atoms with Crippen LogP contribution in [0.3, 0.4) is 0 Å². The average molecular weight is 259 g/mol. The van der Waals surface area contributed by atoms with E-state index in [2.05, 4.69) is 40.5 Å². The van der Waals surface area contributed by atoms with E-state index < -0.39 is 0 Å². The van der Waals surface area contributed by atoms with Crippen molar-refractivity contribution in [2.24, 2.45) is 5.41 Å². The molecule has 19 heavy (non-hydrogen) atoms. The molecule has 3 rings (SSSR count). The zero-order chi connectivity index (χ0) is 13.1. The van der Waals surface area contributed by atoms with Crippen LogP contribution in [0.15, 0.2) is 18.3 Å². The monoisotopic (exact) mass is 259 g/mol. The number of piperidine rings is 2. The van der Waals surface area contributed by atoms with Gasteiger partial charge in [0.15, 0.2) is 0 Å². The lowest BCUT2D eigenvalue weighted by Gasteiger charge is -2.45. The predicted molar refractivity (Wildman–Crippen MR) is 79.6 cm³/mol. The van der Waals surface area contributed by atoms with E-state index in [9.17, 15) is 0 Å². The number of anilines is 1. The number of hydrogen-bond donors (Lipinski definition) is 1. The molecule has 1 N–H and O–H groups in total. The smallest absolute Gasteiger partial charge is 0.0552 e. The van der Waals surface area contributed by atoms with Crippen molar-refractivity contribution >= 4 is 5.69 Å². The topological polar surface area (TPSA) is 28.2 Å². The lowest BCUT2D eigenvalue weighted by molar-refractivity contribution is 0.155. The summed E-state index contributed by atoms with van der Waals surface area (Å²) in [5.41, 5.74) is 3.13. The van der Waals surface area contributed by atoms with Crippen molar-refractivity contribution in [3.8, 4) is 0 Å². The molecule has 1 aromatic rings. The molecule has 0 amide bonds. The maximum absolute atomic E-state index is 4.52. The average Bonchev–Trinajstić information content (AvgIpc) is 2.49. The van der Waals surface area contributed by atoms with E-state index in [1.807, 2.05) is 0 Å². The number of aryl methyl sites for hydroxylation is 1. The van der Waals surface area contributed by atoms with Crippen LogP contribution in [0.25, 0.3) is 0 Å². The minimum atomic E-state index is 0.637. The number of rotatable bonds is 2. The van der Waals surface area contributed by atoms with Crippen molar-refractivity contribution in [3.05, 3.63) is 24.0 Å². The normalized spacial score (nSPS) is 22.7. The van der Waals surface area contributed by atoms with Crippen molar-refractivity contribution in [2.75, 3.05) is 31.1 Å². The van der Waals surface area contributed by atoms with Crippen LogP contribution in [0, 0.1) is 5.41 Å². The van der Waals surface area contributed by atoms with Crippen LogP contribution in [0.5, 0.6) is 0 Å². The van der Waals surface area contributed by atoms with Gasteiger partial charge in [-0.05, 0) is 62.7 Å². The summed E-state index contributed by atoms with van der Waals surface area (Å²) in [6.45, 7) is 6.99. The van der Waals surface area contributed by atoms with Gasteiger partial charge >= 0.3 is 0 Å². The zero-order valence-corrected chi connectivity index (χ0v) is 12.0. The highest BCUT2D eigenvalue weighted by atomic mass is 15.1. The molecular formula is C16H25N3. The van der Waals surface area contributed by atoms with Crippen LogP contribution >= 0.6 is 0 Å². The van der Waals surface area contributed by atoms with Gasteiger partial charge in [-0.25, -0.2) is 0 Å². The molecular weight excluding hydrogens is 234 g/mol. The molecule has 3 nitrogen and oxygen atoms in total. The second kappa shape index (κ2) is 5.49. The Bertz CT molecular complexity index is 397. The van der Waals surface area contributed by atoms with Crippen LogP contribution in [-0.4, -0.2) is 31.2 Å². The second-order valence-corrected chi connectivity index (χ2v) is 6.10. The van der Waals surface area contributed by atoms with E-state index in [0.29, 0.717) is 5.41 Å². The standard InChI is InChI=1S/C16H25N3/c1-2-14-3-4-15(13-18-14)19-11-7-16(8-12-19)5-9-17-10-6-16/h3-4,13,17H,2,5-12H2,1H3. The maximum Gasteiger partial charge on any atom is 0.0552 e. The fourth-order valence-corrected chi connectivity index (χ4v) is 3.51. The van der Waals surface area contributed by atoms with E-state index in [1.165, 1.54) is 63.2 Å². The van der Waals surface area contributed by atoms with Crippen LogP contribution in [0.4, 0.5) is 5.69 Å². The Labute approximate surface area is 116 Å². The number of pyridine rings is 1. The Hall–Kier alpha value is -1.09. The minimum Gasteiger partial charge on any atom is -0.370 e. The first-order valence-electron chi connectivity index (χ1n) is 7.72. The lowest BCUT2D eigenvalue weighted by Crippen LogP contribution is -2.45. The maximum atomic E-state index is 4.52. The molecule has 2 fully saturated rings. The molecule has 104 valence electrons. The second-order valence-electron chi connectivity index (χ2n) is 6.10. The molecule has 0 unspecified atom stereocenters. The van der Waals surface area contributed by atoms with Crippen LogP contribution in [0.2, 0.25) is 0 Å². The van der Waals surface area contributed by atoms with Gasteiger partial charge in [-0.2, -0.15) is 0 Å². The Morgan fingerprint density at radius 3 is 2.47 bits per heavy atom. The summed E-state index contributed by atoms with van der Waals surface area (Å²) in [7, 11) is 0. The molecule has 1 spiro atoms. The largest absolute Gasteiger partial charge is 0.370 e. The molecule has 0 aromatic carbocycles. The molecule has 0 saturated carbocycles. The molecule has 2 aliphatic heterocycles. The van der Waals surface area contributed by atoms with Crippen molar-refractivity contribution in [3.63, 3.8) is 0 Å². The summed E-state index contributed by atoms with van der Waals surface area (Å²) in [5, 5.41) is 3.49. The van der Waals surface area contributed by atoms with Crippen molar-refractivity contribution in [1.82, 2.24) is 10.3 Å². The number of aromatic nitrogens is 1. The van der Waals surface area contributed by atoms with E-state index in [-0.39, 0.29) is 0 Å². The highest BCUT2D eigenvalue weighted by Crippen LogP contribution is 2.40. The fraction of sp³-hybridized carbons (Fsp3) is 0.688. The SMILES string of the molecule is CCc1ccc(N2CCC3(CCNCC3)CC2)cn1. The Morgan fingerprint density at radius 1 is 1.16 bits per heavy atom. The van der Waals surface area contributed by atoms with Crippen LogP contribution in [0.1, 0.15) is 38.3 Å². The molecule has 0 atom stereocenters. The van der Waals surface area contributed by atoms with E-state index in [4.69, 9.17) is 0 Å². The van der Waals surface area contributed by atoms with Gasteiger partial charge in [-0.1, -0.05) is 6.92 Å². The van der Waals surface area contributed by atoms with Gasteiger partial charge in [0.1, 0.15) is 0 Å². The number of nitrogens with one attached hydrogen (secondary N) is 1. The highest BCUT2D eigenvalue weighted by molar-refractivity contribution is 5.45. The van der Waals surface area contributed by atoms with Gasteiger partial charge in [0.25, 0.3) is 0 Å². The van der Waals surface area contributed by atoms with Gasteiger partial charge < -0.3 is 10.2 Å². The third-order valence-electron chi connectivity index (χ3n) is 5.02. The quantitative estimate of drug-likeness (QED) is 0.885. The van der Waals surface area contributed by atoms with Crippen LogP contribution in [-0.2, 0) is 6.42 Å². The first-order valence-corrected chi connectivity index (χ1v) is 7.72. The summed E-state index contributed by atoms with van der Waals surface area (Å²) in [6.07, 6.45) is 8.52. The summed E-state index contributed by atoms with van der Waals surface area (Å²) in [4.78, 5) is 7.04. The Morgan fingerprint density at radius 2 is 1.89 bits per heavy atom. The Balaban J connectivity index is 1.62. The Kier molecular flexibility index (Phi) is 3.74. The van der Waals surface area contributed by atoms with Gasteiger partial charge in [-0.3, -0.25) is 4.98 Å². The van der Waals surface area contributed by atoms with E-state index in [1.54, 1.807) is 0 Å².